The van der Waals surface area contributed by atoms with E-state index in [1.807, 2.05) is 32.0 Å². The quantitative estimate of drug-likeness (QED) is 0.446. The normalized spacial score (nSPS) is 12.2. The lowest BCUT2D eigenvalue weighted by Crippen LogP contribution is -2.47. The van der Waals surface area contributed by atoms with Crippen LogP contribution in [0.5, 0.6) is 0 Å². The molecule has 2 aromatic carbocycles. The lowest BCUT2D eigenvalue weighted by Gasteiger charge is -2.30. The lowest BCUT2D eigenvalue weighted by molar-refractivity contribution is -0.140. The second-order valence-electron chi connectivity index (χ2n) is 8.56. The molecule has 0 saturated carbocycles. The first kappa shape index (κ1) is 28.9. The number of rotatable bonds is 11. The Hall–Kier alpha value is -2.29. The standard InChI is InChI=1S/C25H33Cl2N3O4S/c1-6-28-25(32)19(4)29(16-20-11-12-21(26)15-22(20)27)24(31)8-7-13-30(35(5,33)34)23-14-17(2)9-10-18(23)3/h9-12,14-15,19H,6-8,13,16H2,1-5H3,(H,28,32)/t19-/m1/s1. The molecule has 0 aliphatic carbocycles. The number of halogens is 2. The second kappa shape index (κ2) is 12.6. The molecule has 1 atom stereocenters. The monoisotopic (exact) mass is 541 g/mol. The van der Waals surface area contributed by atoms with Crippen molar-refractivity contribution in [2.24, 2.45) is 0 Å². The van der Waals surface area contributed by atoms with Gasteiger partial charge in [0.2, 0.25) is 21.8 Å². The van der Waals surface area contributed by atoms with Gasteiger partial charge in [-0.3, -0.25) is 13.9 Å². The zero-order chi connectivity index (χ0) is 26.3. The average Bonchev–Trinajstić information content (AvgIpc) is 2.77. The van der Waals surface area contributed by atoms with E-state index in [9.17, 15) is 18.0 Å². The number of carbonyl (C=O) groups is 2. The third-order valence-electron chi connectivity index (χ3n) is 5.66. The highest BCUT2D eigenvalue weighted by Gasteiger charge is 2.27. The molecule has 0 aliphatic heterocycles. The number of benzene rings is 2. The Balaban J connectivity index is 2.22. The van der Waals surface area contributed by atoms with Gasteiger partial charge in [-0.1, -0.05) is 41.4 Å². The van der Waals surface area contributed by atoms with Crippen LogP contribution in [0.1, 0.15) is 43.4 Å². The fourth-order valence-electron chi connectivity index (χ4n) is 3.71. The van der Waals surface area contributed by atoms with Crippen LogP contribution in [0.2, 0.25) is 10.0 Å². The van der Waals surface area contributed by atoms with Gasteiger partial charge in [0.25, 0.3) is 0 Å². The van der Waals surface area contributed by atoms with Gasteiger partial charge in [-0.05, 0) is 69.0 Å². The smallest absolute Gasteiger partial charge is 0.242 e. The molecule has 2 aromatic rings. The minimum Gasteiger partial charge on any atom is -0.355 e. The maximum atomic E-state index is 13.3. The van der Waals surface area contributed by atoms with Crippen LogP contribution in [0, 0.1) is 13.8 Å². The third kappa shape index (κ3) is 8.12. The molecular weight excluding hydrogens is 509 g/mol. The van der Waals surface area contributed by atoms with Crippen LogP contribution in [0.4, 0.5) is 5.69 Å². The number of hydrogen-bond donors (Lipinski definition) is 1. The van der Waals surface area contributed by atoms with Crippen molar-refractivity contribution >= 4 is 50.7 Å². The SMILES string of the molecule is CCNC(=O)[C@@H](C)N(Cc1ccc(Cl)cc1Cl)C(=O)CCCN(c1cc(C)ccc1C)S(C)(=O)=O. The summed E-state index contributed by atoms with van der Waals surface area (Å²) in [5.41, 5.74) is 3.03. The predicted octanol–water partition coefficient (Wildman–Crippen LogP) is 4.71. The first-order valence-electron chi connectivity index (χ1n) is 11.4. The molecule has 192 valence electrons. The highest BCUT2D eigenvalue weighted by molar-refractivity contribution is 7.92. The van der Waals surface area contributed by atoms with E-state index in [0.29, 0.717) is 27.8 Å². The summed E-state index contributed by atoms with van der Waals surface area (Å²) in [6.07, 6.45) is 1.50. The molecule has 35 heavy (non-hydrogen) atoms. The van der Waals surface area contributed by atoms with Crippen LogP contribution in [0.15, 0.2) is 36.4 Å². The summed E-state index contributed by atoms with van der Waals surface area (Å²) < 4.78 is 26.4. The van der Waals surface area contributed by atoms with E-state index in [1.165, 1.54) is 9.21 Å². The van der Waals surface area contributed by atoms with Gasteiger partial charge in [-0.15, -0.1) is 0 Å². The van der Waals surface area contributed by atoms with E-state index in [4.69, 9.17) is 23.2 Å². The predicted molar refractivity (Wildman–Crippen MR) is 142 cm³/mol. The maximum Gasteiger partial charge on any atom is 0.242 e. The van der Waals surface area contributed by atoms with Crippen molar-refractivity contribution in [3.05, 3.63) is 63.1 Å². The maximum absolute atomic E-state index is 13.3. The number of likely N-dealkylation sites (N-methyl/N-ethyl adjacent to an activating group) is 1. The summed E-state index contributed by atoms with van der Waals surface area (Å²) in [6.45, 7) is 7.91. The van der Waals surface area contributed by atoms with E-state index in [-0.39, 0.29) is 37.7 Å². The Morgan fingerprint density at radius 1 is 1.09 bits per heavy atom. The number of amides is 2. The van der Waals surface area contributed by atoms with Gasteiger partial charge in [0.15, 0.2) is 0 Å². The first-order chi connectivity index (χ1) is 16.3. The van der Waals surface area contributed by atoms with Gasteiger partial charge in [0.05, 0.1) is 11.9 Å². The Labute approximate surface area is 218 Å². The Morgan fingerprint density at radius 3 is 2.37 bits per heavy atom. The summed E-state index contributed by atoms with van der Waals surface area (Å²) in [4.78, 5) is 27.3. The molecule has 0 fully saturated rings. The largest absolute Gasteiger partial charge is 0.355 e. The lowest BCUT2D eigenvalue weighted by atomic mass is 10.1. The van der Waals surface area contributed by atoms with Crippen molar-refractivity contribution in [2.45, 2.75) is 53.1 Å². The van der Waals surface area contributed by atoms with Gasteiger partial charge in [0, 0.05) is 36.1 Å². The van der Waals surface area contributed by atoms with E-state index in [0.717, 1.165) is 17.4 Å². The number of nitrogens with zero attached hydrogens (tertiary/aromatic N) is 2. The minimum atomic E-state index is -3.56. The second-order valence-corrected chi connectivity index (χ2v) is 11.3. The van der Waals surface area contributed by atoms with Crippen molar-refractivity contribution in [1.82, 2.24) is 10.2 Å². The molecule has 2 rings (SSSR count). The molecule has 0 bridgehead atoms. The van der Waals surface area contributed by atoms with Crippen LogP contribution in [-0.2, 0) is 26.2 Å². The number of hydrogen-bond acceptors (Lipinski definition) is 4. The van der Waals surface area contributed by atoms with Crippen LogP contribution in [0.25, 0.3) is 0 Å². The van der Waals surface area contributed by atoms with Crippen LogP contribution >= 0.6 is 23.2 Å². The van der Waals surface area contributed by atoms with Crippen LogP contribution < -0.4 is 9.62 Å². The Kier molecular flexibility index (Phi) is 10.4. The summed E-state index contributed by atoms with van der Waals surface area (Å²) >= 11 is 12.3. The van der Waals surface area contributed by atoms with Crippen molar-refractivity contribution in [3.8, 4) is 0 Å². The van der Waals surface area contributed by atoms with Gasteiger partial charge in [0.1, 0.15) is 6.04 Å². The summed E-state index contributed by atoms with van der Waals surface area (Å²) in [6, 6.07) is 9.87. The van der Waals surface area contributed by atoms with Gasteiger partial charge in [-0.25, -0.2) is 8.42 Å². The minimum absolute atomic E-state index is 0.0613. The van der Waals surface area contributed by atoms with Crippen molar-refractivity contribution in [2.75, 3.05) is 23.7 Å². The van der Waals surface area contributed by atoms with Crippen LogP contribution in [0.3, 0.4) is 0 Å². The number of nitrogens with one attached hydrogen (secondary N) is 1. The fraction of sp³-hybridized carbons (Fsp3) is 0.440. The van der Waals surface area contributed by atoms with Gasteiger partial charge < -0.3 is 10.2 Å². The average molecular weight is 543 g/mol. The molecule has 0 heterocycles. The molecule has 10 heteroatoms. The summed E-state index contributed by atoms with van der Waals surface area (Å²) in [5.74, 6) is -0.553. The zero-order valence-electron chi connectivity index (χ0n) is 20.8. The number of carbonyl (C=O) groups excluding carboxylic acids is 2. The van der Waals surface area contributed by atoms with E-state index in [2.05, 4.69) is 5.32 Å². The first-order valence-corrected chi connectivity index (χ1v) is 14.0. The molecular formula is C25H33Cl2N3O4S. The zero-order valence-corrected chi connectivity index (χ0v) is 23.1. The molecule has 1 N–H and O–H groups in total. The fourth-order valence-corrected chi connectivity index (χ4v) is 5.19. The van der Waals surface area contributed by atoms with Crippen molar-refractivity contribution < 1.29 is 18.0 Å². The topological polar surface area (TPSA) is 86.8 Å². The summed E-state index contributed by atoms with van der Waals surface area (Å²) in [7, 11) is -3.56. The highest BCUT2D eigenvalue weighted by Crippen LogP contribution is 2.26. The summed E-state index contributed by atoms with van der Waals surface area (Å²) in [5, 5.41) is 3.62. The number of sulfonamides is 1. The van der Waals surface area contributed by atoms with E-state index < -0.39 is 16.1 Å². The van der Waals surface area contributed by atoms with Gasteiger partial charge in [-0.2, -0.15) is 0 Å². The molecule has 0 unspecified atom stereocenters. The molecule has 0 aromatic heterocycles. The molecule has 0 aliphatic rings. The Bertz CT molecular complexity index is 1170. The number of aryl methyl sites for hydroxylation is 2. The van der Waals surface area contributed by atoms with Crippen molar-refractivity contribution in [1.29, 1.82) is 0 Å². The number of anilines is 1. The van der Waals surface area contributed by atoms with E-state index in [1.54, 1.807) is 32.0 Å². The van der Waals surface area contributed by atoms with Gasteiger partial charge >= 0.3 is 0 Å². The van der Waals surface area contributed by atoms with E-state index >= 15 is 0 Å². The Morgan fingerprint density at radius 2 is 1.77 bits per heavy atom. The molecule has 0 spiro atoms. The highest BCUT2D eigenvalue weighted by atomic mass is 35.5. The van der Waals surface area contributed by atoms with Crippen LogP contribution in [-0.4, -0.2) is 50.5 Å². The molecule has 7 nitrogen and oxygen atoms in total. The molecule has 2 amide bonds. The van der Waals surface area contributed by atoms with Crippen molar-refractivity contribution in [3.63, 3.8) is 0 Å². The molecule has 0 radical (unpaired) electrons. The third-order valence-corrected chi connectivity index (χ3v) is 7.43. The molecule has 0 saturated heterocycles.